The van der Waals surface area contributed by atoms with Crippen LogP contribution in [0.2, 0.25) is 0 Å². The van der Waals surface area contributed by atoms with E-state index in [-0.39, 0.29) is 17.3 Å². The lowest BCUT2D eigenvalue weighted by Crippen LogP contribution is -1.97. The number of ether oxygens (including phenoxy) is 1. The molecule has 0 aliphatic heterocycles. The van der Waals surface area contributed by atoms with Crippen LogP contribution in [0.1, 0.15) is 16.1 Å². The number of ketones is 1. The number of aromatic nitrogens is 2. The van der Waals surface area contributed by atoms with Crippen molar-refractivity contribution in [3.05, 3.63) is 46.2 Å². The normalized spacial score (nSPS) is 10.9. The Labute approximate surface area is 124 Å². The van der Waals surface area contributed by atoms with E-state index in [4.69, 9.17) is 4.74 Å². The summed E-state index contributed by atoms with van der Waals surface area (Å²) in [7, 11) is 3.23. The molecular weight excluding hydrogens is 324 g/mol. The highest BCUT2D eigenvalue weighted by Gasteiger charge is 2.08. The maximum Gasteiger partial charge on any atom is 0.186 e. The number of methoxy groups -OCH3 is 1. The molecule has 1 heterocycles. The zero-order valence-electron chi connectivity index (χ0n) is 11.0. The molecular formula is C14H13BrN2O3. The van der Waals surface area contributed by atoms with Crippen LogP contribution in [0.3, 0.4) is 0 Å². The van der Waals surface area contributed by atoms with E-state index in [1.807, 2.05) is 0 Å². The zero-order chi connectivity index (χ0) is 14.7. The molecule has 2 aromatic rings. The minimum Gasteiger partial charge on any atom is -0.504 e. The lowest BCUT2D eigenvalue weighted by molar-refractivity contribution is 0.104. The molecule has 0 saturated carbocycles. The minimum absolute atomic E-state index is 0.00223. The van der Waals surface area contributed by atoms with Gasteiger partial charge in [0.05, 0.1) is 23.5 Å². The number of halogens is 1. The highest BCUT2D eigenvalue weighted by atomic mass is 79.9. The van der Waals surface area contributed by atoms with Crippen LogP contribution < -0.4 is 4.74 Å². The van der Waals surface area contributed by atoms with Crippen molar-refractivity contribution in [1.29, 1.82) is 0 Å². The van der Waals surface area contributed by atoms with Crippen molar-refractivity contribution in [2.45, 2.75) is 0 Å². The molecule has 5 nitrogen and oxygen atoms in total. The first-order valence-corrected chi connectivity index (χ1v) is 6.59. The summed E-state index contributed by atoms with van der Waals surface area (Å²) in [6.45, 7) is 0. The lowest BCUT2D eigenvalue weighted by atomic mass is 10.1. The molecule has 1 aromatic carbocycles. The number of phenolic OH excluding ortho intramolecular Hbond substituents is 1. The summed E-state index contributed by atoms with van der Waals surface area (Å²) in [5.41, 5.74) is 1.23. The van der Waals surface area contributed by atoms with E-state index in [1.54, 1.807) is 30.1 Å². The maximum absolute atomic E-state index is 12.1. The number of benzene rings is 1. The number of aryl methyl sites for hydroxylation is 1. The Balaban J connectivity index is 2.24. The number of rotatable bonds is 4. The van der Waals surface area contributed by atoms with Crippen molar-refractivity contribution in [2.24, 2.45) is 7.05 Å². The molecule has 0 bridgehead atoms. The summed E-state index contributed by atoms with van der Waals surface area (Å²) < 4.78 is 7.45. The maximum atomic E-state index is 12.1. The van der Waals surface area contributed by atoms with E-state index in [0.29, 0.717) is 5.56 Å². The predicted molar refractivity (Wildman–Crippen MR) is 78.9 cm³/mol. The zero-order valence-corrected chi connectivity index (χ0v) is 12.6. The van der Waals surface area contributed by atoms with E-state index in [0.717, 1.165) is 10.2 Å². The molecule has 0 unspecified atom stereocenters. The van der Waals surface area contributed by atoms with Crippen LogP contribution in [0.4, 0.5) is 0 Å². The second-order valence-electron chi connectivity index (χ2n) is 4.09. The molecule has 0 amide bonds. The summed E-state index contributed by atoms with van der Waals surface area (Å²) in [4.78, 5) is 12.1. The van der Waals surface area contributed by atoms with Crippen molar-refractivity contribution in [3.63, 3.8) is 0 Å². The van der Waals surface area contributed by atoms with Gasteiger partial charge in [-0.1, -0.05) is 0 Å². The first-order valence-electron chi connectivity index (χ1n) is 5.80. The van der Waals surface area contributed by atoms with E-state index in [2.05, 4.69) is 21.0 Å². The van der Waals surface area contributed by atoms with Crippen LogP contribution in [0.5, 0.6) is 11.5 Å². The Morgan fingerprint density at radius 2 is 2.25 bits per heavy atom. The SMILES string of the molecule is COc1cc(C(=O)/C=C/c2c(Br)cnn2C)ccc1O. The number of hydrogen-bond donors (Lipinski definition) is 1. The number of hydrogen-bond acceptors (Lipinski definition) is 4. The summed E-state index contributed by atoms with van der Waals surface area (Å²) in [5, 5.41) is 13.6. The highest BCUT2D eigenvalue weighted by molar-refractivity contribution is 9.10. The molecule has 1 N–H and O–H groups in total. The number of nitrogens with zero attached hydrogens (tertiary/aromatic N) is 2. The first kappa shape index (κ1) is 14.3. The van der Waals surface area contributed by atoms with Crippen LogP contribution >= 0.6 is 15.9 Å². The Kier molecular flexibility index (Phi) is 4.24. The summed E-state index contributed by atoms with van der Waals surface area (Å²) in [5.74, 6) is 0.0878. The fourth-order valence-corrected chi connectivity index (χ4v) is 2.17. The third-order valence-corrected chi connectivity index (χ3v) is 3.41. The van der Waals surface area contributed by atoms with Gasteiger partial charge in [0.1, 0.15) is 0 Å². The van der Waals surface area contributed by atoms with Gasteiger partial charge in [-0.3, -0.25) is 9.48 Å². The third-order valence-electron chi connectivity index (χ3n) is 2.79. The molecule has 2 rings (SSSR count). The average molecular weight is 337 g/mol. The van der Waals surface area contributed by atoms with Gasteiger partial charge >= 0.3 is 0 Å². The largest absolute Gasteiger partial charge is 0.504 e. The van der Waals surface area contributed by atoms with E-state index >= 15 is 0 Å². The van der Waals surface area contributed by atoms with Crippen molar-refractivity contribution in [2.75, 3.05) is 7.11 Å². The van der Waals surface area contributed by atoms with Crippen molar-refractivity contribution in [3.8, 4) is 11.5 Å². The number of carbonyl (C=O) groups is 1. The summed E-state index contributed by atoms with van der Waals surface area (Å²) >= 11 is 3.36. The standard InChI is InChI=1S/C14H13BrN2O3/c1-17-11(10(15)8-16-17)4-6-12(18)9-3-5-13(19)14(7-9)20-2/h3-8,19H,1-2H3/b6-4+. The predicted octanol–water partition coefficient (Wildman–Crippen LogP) is 2.79. The van der Waals surface area contributed by atoms with Crippen molar-refractivity contribution < 1.29 is 14.6 Å². The third kappa shape index (κ3) is 2.91. The van der Waals surface area contributed by atoms with Gasteiger partial charge in [-0.2, -0.15) is 5.10 Å². The van der Waals surface area contributed by atoms with Crippen LogP contribution in [0, 0.1) is 0 Å². The molecule has 0 atom stereocenters. The lowest BCUT2D eigenvalue weighted by Gasteiger charge is -2.04. The molecule has 0 aliphatic carbocycles. The fourth-order valence-electron chi connectivity index (χ4n) is 1.69. The van der Waals surface area contributed by atoms with Gasteiger partial charge in [0.15, 0.2) is 17.3 Å². The molecule has 104 valence electrons. The second kappa shape index (κ2) is 5.92. The topological polar surface area (TPSA) is 64.3 Å². The van der Waals surface area contributed by atoms with Gasteiger partial charge in [-0.05, 0) is 46.3 Å². The van der Waals surface area contributed by atoms with Crippen molar-refractivity contribution >= 4 is 27.8 Å². The second-order valence-corrected chi connectivity index (χ2v) is 4.94. The Morgan fingerprint density at radius 3 is 2.85 bits per heavy atom. The van der Waals surface area contributed by atoms with Crippen LogP contribution in [0.15, 0.2) is 34.9 Å². The minimum atomic E-state index is -0.184. The van der Waals surface area contributed by atoms with Crippen LogP contribution in [-0.4, -0.2) is 27.8 Å². The Morgan fingerprint density at radius 1 is 1.50 bits per heavy atom. The Hall–Kier alpha value is -2.08. The number of aromatic hydroxyl groups is 1. The van der Waals surface area contributed by atoms with E-state index < -0.39 is 0 Å². The highest BCUT2D eigenvalue weighted by Crippen LogP contribution is 2.26. The quantitative estimate of drug-likeness (QED) is 0.688. The van der Waals surface area contributed by atoms with Crippen molar-refractivity contribution in [1.82, 2.24) is 9.78 Å². The number of carbonyl (C=O) groups excluding carboxylic acids is 1. The molecule has 0 aliphatic rings. The molecule has 1 aromatic heterocycles. The average Bonchev–Trinajstić information content (AvgIpc) is 2.76. The van der Waals surface area contributed by atoms with Gasteiger partial charge in [0.2, 0.25) is 0 Å². The van der Waals surface area contributed by atoms with Gasteiger partial charge in [0.25, 0.3) is 0 Å². The van der Waals surface area contributed by atoms with E-state index in [1.165, 1.54) is 25.3 Å². The van der Waals surface area contributed by atoms with Gasteiger partial charge in [-0.25, -0.2) is 0 Å². The fraction of sp³-hybridized carbons (Fsp3) is 0.143. The number of allylic oxidation sites excluding steroid dienone is 1. The van der Waals surface area contributed by atoms with E-state index in [9.17, 15) is 9.90 Å². The molecule has 0 spiro atoms. The van der Waals surface area contributed by atoms with Gasteiger partial charge in [-0.15, -0.1) is 0 Å². The molecule has 20 heavy (non-hydrogen) atoms. The van der Waals surface area contributed by atoms with Crippen LogP contribution in [0.25, 0.3) is 6.08 Å². The van der Waals surface area contributed by atoms with Crippen LogP contribution in [-0.2, 0) is 7.05 Å². The molecule has 0 fully saturated rings. The first-order chi connectivity index (χ1) is 9.52. The summed E-state index contributed by atoms with van der Waals surface area (Å²) in [6, 6.07) is 4.48. The smallest absolute Gasteiger partial charge is 0.186 e. The molecule has 0 saturated heterocycles. The molecule has 6 heteroatoms. The summed E-state index contributed by atoms with van der Waals surface area (Å²) in [6.07, 6.45) is 4.79. The monoisotopic (exact) mass is 336 g/mol. The Bertz CT molecular complexity index is 658. The van der Waals surface area contributed by atoms with Gasteiger partial charge in [0, 0.05) is 12.6 Å². The molecule has 0 radical (unpaired) electrons. The number of phenols is 1. The van der Waals surface area contributed by atoms with Gasteiger partial charge < -0.3 is 9.84 Å².